The van der Waals surface area contributed by atoms with Crippen LogP contribution in [0, 0.1) is 0 Å². The van der Waals surface area contributed by atoms with Crippen LogP contribution in [-0.4, -0.2) is 29.2 Å². The molecule has 0 amide bonds. The number of carbonyl (C=O) groups is 1. The summed E-state index contributed by atoms with van der Waals surface area (Å²) >= 11 is 5.85. The fourth-order valence-corrected chi connectivity index (χ4v) is 3.36. The lowest BCUT2D eigenvalue weighted by Gasteiger charge is -2.07. The van der Waals surface area contributed by atoms with Crippen LogP contribution in [0.3, 0.4) is 0 Å². The largest absolute Gasteiger partial charge is 0.505 e. The standard InChI is InChI=1S/C17H11ClN2O6S/c18-9-4-5-12(17(22)23)14(8-9)20-19-13-7-6-10-11(16(13)21)2-1-3-15(10)27(24,25)26/h1-8,21H,(H,22,23)(H,24,25,26). The van der Waals surface area contributed by atoms with Gasteiger partial charge in [0.05, 0.1) is 5.56 Å². The average Bonchev–Trinajstić information content (AvgIpc) is 2.60. The smallest absolute Gasteiger partial charge is 0.337 e. The van der Waals surface area contributed by atoms with Gasteiger partial charge in [-0.25, -0.2) is 4.79 Å². The molecule has 138 valence electrons. The highest BCUT2D eigenvalue weighted by molar-refractivity contribution is 7.86. The number of carboxylic acid groups (broad SMARTS) is 1. The summed E-state index contributed by atoms with van der Waals surface area (Å²) in [5.74, 6) is -1.60. The number of benzene rings is 3. The van der Waals surface area contributed by atoms with Gasteiger partial charge < -0.3 is 10.2 Å². The Morgan fingerprint density at radius 2 is 1.67 bits per heavy atom. The summed E-state index contributed by atoms with van der Waals surface area (Å²) in [6, 6.07) is 10.6. The molecule has 0 heterocycles. The van der Waals surface area contributed by atoms with Crippen molar-refractivity contribution in [2.24, 2.45) is 10.2 Å². The van der Waals surface area contributed by atoms with Crippen LogP contribution < -0.4 is 0 Å². The first kappa shape index (κ1) is 18.8. The zero-order valence-corrected chi connectivity index (χ0v) is 14.9. The third-order valence-electron chi connectivity index (χ3n) is 3.71. The number of aromatic carboxylic acids is 1. The Hall–Kier alpha value is -3.01. The minimum Gasteiger partial charge on any atom is -0.505 e. The molecule has 0 fully saturated rings. The number of hydrogen-bond acceptors (Lipinski definition) is 6. The molecule has 8 nitrogen and oxygen atoms in total. The van der Waals surface area contributed by atoms with Crippen molar-refractivity contribution in [3.8, 4) is 5.75 Å². The first-order chi connectivity index (χ1) is 12.7. The van der Waals surface area contributed by atoms with Crippen molar-refractivity contribution in [2.75, 3.05) is 0 Å². The zero-order chi connectivity index (χ0) is 19.8. The van der Waals surface area contributed by atoms with Gasteiger partial charge >= 0.3 is 5.97 Å². The normalized spacial score (nSPS) is 11.9. The number of aromatic hydroxyl groups is 1. The number of halogens is 1. The summed E-state index contributed by atoms with van der Waals surface area (Å²) in [6.07, 6.45) is 0. The molecule has 3 aromatic rings. The van der Waals surface area contributed by atoms with Gasteiger partial charge in [0, 0.05) is 15.8 Å². The summed E-state index contributed by atoms with van der Waals surface area (Å²) in [5.41, 5.74) is -0.162. The Balaban J connectivity index is 2.12. The molecule has 0 radical (unpaired) electrons. The fraction of sp³-hybridized carbons (Fsp3) is 0. The van der Waals surface area contributed by atoms with E-state index in [1.54, 1.807) is 0 Å². The topological polar surface area (TPSA) is 137 Å². The third-order valence-corrected chi connectivity index (χ3v) is 4.85. The molecular weight excluding hydrogens is 396 g/mol. The van der Waals surface area contributed by atoms with Gasteiger partial charge in [-0.2, -0.15) is 8.42 Å². The van der Waals surface area contributed by atoms with E-state index in [-0.39, 0.29) is 43.4 Å². The molecule has 3 rings (SSSR count). The van der Waals surface area contributed by atoms with Crippen LogP contribution in [0.5, 0.6) is 5.75 Å². The van der Waals surface area contributed by atoms with Crippen LogP contribution in [-0.2, 0) is 10.1 Å². The number of rotatable bonds is 4. The van der Waals surface area contributed by atoms with E-state index in [0.717, 1.165) is 0 Å². The van der Waals surface area contributed by atoms with Gasteiger partial charge in [-0.1, -0.05) is 29.8 Å². The molecule has 0 aliphatic heterocycles. The maximum Gasteiger partial charge on any atom is 0.337 e. The maximum atomic E-state index is 11.5. The molecule has 3 N–H and O–H groups in total. The first-order valence-electron chi connectivity index (χ1n) is 7.35. The van der Waals surface area contributed by atoms with Gasteiger partial charge in [0.25, 0.3) is 10.1 Å². The van der Waals surface area contributed by atoms with Crippen molar-refractivity contribution < 1.29 is 28.0 Å². The van der Waals surface area contributed by atoms with Crippen LogP contribution in [0.1, 0.15) is 10.4 Å². The van der Waals surface area contributed by atoms with Crippen molar-refractivity contribution in [1.29, 1.82) is 0 Å². The van der Waals surface area contributed by atoms with Gasteiger partial charge in [0.15, 0.2) is 5.75 Å². The van der Waals surface area contributed by atoms with E-state index in [9.17, 15) is 28.0 Å². The monoisotopic (exact) mass is 406 g/mol. The van der Waals surface area contributed by atoms with E-state index in [2.05, 4.69) is 10.2 Å². The van der Waals surface area contributed by atoms with Crippen molar-refractivity contribution in [1.82, 2.24) is 0 Å². The molecule has 27 heavy (non-hydrogen) atoms. The van der Waals surface area contributed by atoms with Crippen LogP contribution in [0.15, 0.2) is 63.7 Å². The summed E-state index contributed by atoms with van der Waals surface area (Å²) in [4.78, 5) is 10.9. The Labute approximate surface area is 158 Å². The zero-order valence-electron chi connectivity index (χ0n) is 13.4. The van der Waals surface area contributed by atoms with E-state index >= 15 is 0 Å². The van der Waals surface area contributed by atoms with Crippen LogP contribution in [0.4, 0.5) is 11.4 Å². The maximum absolute atomic E-state index is 11.5. The molecule has 3 aromatic carbocycles. The lowest BCUT2D eigenvalue weighted by atomic mass is 10.1. The quantitative estimate of drug-likeness (QED) is 0.429. The number of nitrogens with zero attached hydrogens (tertiary/aromatic N) is 2. The van der Waals surface area contributed by atoms with Crippen LogP contribution in [0.2, 0.25) is 5.02 Å². The van der Waals surface area contributed by atoms with Gasteiger partial charge in [-0.3, -0.25) is 4.55 Å². The van der Waals surface area contributed by atoms with E-state index in [4.69, 9.17) is 11.6 Å². The van der Waals surface area contributed by atoms with Crippen LogP contribution >= 0.6 is 11.6 Å². The minimum absolute atomic E-state index is 0.0128. The molecule has 0 aliphatic rings. The van der Waals surface area contributed by atoms with E-state index in [1.807, 2.05) is 0 Å². The number of phenolic OH excluding ortho intramolecular Hbond substituents is 1. The van der Waals surface area contributed by atoms with Crippen molar-refractivity contribution in [3.05, 3.63) is 59.1 Å². The van der Waals surface area contributed by atoms with Gasteiger partial charge in [0.1, 0.15) is 16.3 Å². The van der Waals surface area contributed by atoms with Crippen LogP contribution in [0.25, 0.3) is 10.8 Å². The number of hydrogen-bond donors (Lipinski definition) is 3. The van der Waals surface area contributed by atoms with E-state index in [1.165, 1.54) is 48.5 Å². The Bertz CT molecular complexity index is 1210. The fourth-order valence-electron chi connectivity index (χ4n) is 2.48. The van der Waals surface area contributed by atoms with Gasteiger partial charge in [-0.15, -0.1) is 10.2 Å². The first-order valence-corrected chi connectivity index (χ1v) is 9.17. The highest BCUT2D eigenvalue weighted by atomic mass is 35.5. The highest BCUT2D eigenvalue weighted by Gasteiger charge is 2.17. The second-order valence-corrected chi connectivity index (χ2v) is 7.25. The molecule has 0 unspecified atom stereocenters. The Morgan fingerprint density at radius 1 is 0.963 bits per heavy atom. The number of fused-ring (bicyclic) bond motifs is 1. The third kappa shape index (κ3) is 3.75. The molecule has 0 aromatic heterocycles. The molecule has 0 saturated carbocycles. The lowest BCUT2D eigenvalue weighted by Crippen LogP contribution is -1.98. The van der Waals surface area contributed by atoms with E-state index < -0.39 is 16.1 Å². The molecular formula is C17H11ClN2O6S. The van der Waals surface area contributed by atoms with Gasteiger partial charge in [-0.05, 0) is 30.3 Å². The van der Waals surface area contributed by atoms with E-state index in [0.29, 0.717) is 0 Å². The van der Waals surface area contributed by atoms with Crippen molar-refractivity contribution in [2.45, 2.75) is 4.90 Å². The number of azo groups is 1. The Morgan fingerprint density at radius 3 is 2.33 bits per heavy atom. The second-order valence-electron chi connectivity index (χ2n) is 5.43. The number of phenols is 1. The predicted octanol–water partition coefficient (Wildman–Crippen LogP) is 4.56. The molecule has 0 saturated heterocycles. The minimum atomic E-state index is -4.48. The predicted molar refractivity (Wildman–Crippen MR) is 98.0 cm³/mol. The summed E-state index contributed by atoms with van der Waals surface area (Å²) in [7, 11) is -4.48. The molecule has 0 aliphatic carbocycles. The summed E-state index contributed by atoms with van der Waals surface area (Å²) in [5, 5.41) is 27.7. The van der Waals surface area contributed by atoms with Crippen molar-refractivity contribution in [3.63, 3.8) is 0 Å². The molecule has 0 atom stereocenters. The highest BCUT2D eigenvalue weighted by Crippen LogP contribution is 2.38. The molecule has 0 spiro atoms. The number of carboxylic acids is 1. The summed E-state index contributed by atoms with van der Waals surface area (Å²) in [6.45, 7) is 0. The summed E-state index contributed by atoms with van der Waals surface area (Å²) < 4.78 is 32.2. The SMILES string of the molecule is O=C(O)c1ccc(Cl)cc1N=Nc1ccc2c(S(=O)(=O)O)cccc2c1O. The molecule has 0 bridgehead atoms. The van der Waals surface area contributed by atoms with Crippen molar-refractivity contribution >= 4 is 49.8 Å². The second kappa shape index (κ2) is 6.95. The lowest BCUT2D eigenvalue weighted by molar-refractivity contribution is 0.0697. The van der Waals surface area contributed by atoms with Gasteiger partial charge in [0.2, 0.25) is 0 Å². The molecule has 10 heteroatoms. The average molecular weight is 407 g/mol. The Kier molecular flexibility index (Phi) is 4.83.